The van der Waals surface area contributed by atoms with Crippen molar-refractivity contribution in [3.8, 4) is 0 Å². The van der Waals surface area contributed by atoms with Crippen molar-refractivity contribution in [1.82, 2.24) is 0 Å². The van der Waals surface area contributed by atoms with E-state index in [2.05, 4.69) is 25.1 Å². The molecule has 4 aliphatic carbocycles. The zero-order valence-electron chi connectivity index (χ0n) is 19.5. The molecule has 4 rings (SSSR count). The largest absolute Gasteiger partial charge is 1.00 e. The Morgan fingerprint density at radius 3 is 2.47 bits per heavy atom. The van der Waals surface area contributed by atoms with Gasteiger partial charge in [0.05, 0.1) is 17.8 Å². The van der Waals surface area contributed by atoms with Gasteiger partial charge in [0, 0.05) is 5.41 Å². The molecule has 0 heterocycles. The molecule has 0 aromatic carbocycles. The predicted molar refractivity (Wildman–Crippen MR) is 105 cm³/mol. The second-order valence-corrected chi connectivity index (χ2v) is 10.8. The van der Waals surface area contributed by atoms with Crippen LogP contribution in [0.3, 0.4) is 0 Å². The van der Waals surface area contributed by atoms with E-state index >= 15 is 0 Å². The van der Waals surface area contributed by atoms with Crippen LogP contribution in [-0.4, -0.2) is 37.4 Å². The van der Waals surface area contributed by atoms with Crippen molar-refractivity contribution in [1.29, 1.82) is 0 Å². The van der Waals surface area contributed by atoms with Crippen LogP contribution in [0.5, 0.6) is 0 Å². The molecule has 0 aliphatic heterocycles. The minimum absolute atomic E-state index is 0. The van der Waals surface area contributed by atoms with Crippen molar-refractivity contribution in [3.05, 3.63) is 11.6 Å². The fourth-order valence-electron chi connectivity index (χ4n) is 6.98. The molecule has 8 nitrogen and oxygen atoms in total. The van der Waals surface area contributed by atoms with Gasteiger partial charge in [-0.15, -0.1) is 0 Å². The van der Waals surface area contributed by atoms with Crippen LogP contribution in [-0.2, 0) is 24.2 Å². The molecular weight excluding hydrogens is 456 g/mol. The van der Waals surface area contributed by atoms with Crippen LogP contribution in [0.1, 0.15) is 65.2 Å². The number of carbonyl (C=O) groups is 1. The maximum Gasteiger partial charge on any atom is 1.00 e. The first-order valence-corrected chi connectivity index (χ1v) is 12.1. The second-order valence-electron chi connectivity index (χ2n) is 9.81. The van der Waals surface area contributed by atoms with Crippen molar-refractivity contribution in [2.24, 2.45) is 33.7 Å². The standard InChI is InChI=1S/C21H31NO7S.2Na/c1-20-9-7-14(29-30(25,26)27)11-13(20)3-4-15-16-5-6-18(22-28-12-19(23)24)21(16,2)10-8-17(15)20;;/h3,14-17H,4-12H2,1-2H3,(H,23,24)(H,25,26,27);;/q;2*+1/p-2/b22-18-;;/t14-,15-,16-,17-,20-,21-;;/m0../s1. The zero-order chi connectivity index (χ0) is 21.7. The maximum atomic E-state index is 11.0. The van der Waals surface area contributed by atoms with Gasteiger partial charge < -0.3 is 19.3 Å². The van der Waals surface area contributed by atoms with Gasteiger partial charge in [-0.3, -0.25) is 4.18 Å². The van der Waals surface area contributed by atoms with Gasteiger partial charge in [-0.25, -0.2) is 8.42 Å². The Hall–Kier alpha value is 0.550. The number of nitrogens with zero attached hydrogens (tertiary/aromatic N) is 1. The number of carboxylic acid groups (broad SMARTS) is 1. The summed E-state index contributed by atoms with van der Waals surface area (Å²) < 4.78 is 37.8. The summed E-state index contributed by atoms with van der Waals surface area (Å²) in [4.78, 5) is 15.6. The molecule has 3 fully saturated rings. The molecule has 3 saturated carbocycles. The smallest absolute Gasteiger partial charge is 0.726 e. The SMILES string of the molecule is C[C@]12CC[C@H](OS(=O)(=O)[O-])CC1=CC[C@@H]1[C@@H]2CC[C@]2(C)/C(=N\OCC(=O)[O-])CC[C@@H]12.[Na+].[Na+]. The molecule has 32 heavy (non-hydrogen) atoms. The minimum Gasteiger partial charge on any atom is -0.726 e. The molecule has 168 valence electrons. The van der Waals surface area contributed by atoms with Crippen molar-refractivity contribution in [2.75, 3.05) is 6.61 Å². The van der Waals surface area contributed by atoms with E-state index < -0.39 is 29.1 Å². The molecular formula is C21H29NNa2O7S. The van der Waals surface area contributed by atoms with E-state index in [1.54, 1.807) is 0 Å². The first-order valence-electron chi connectivity index (χ1n) is 10.8. The summed E-state index contributed by atoms with van der Waals surface area (Å²) in [6, 6.07) is 0. The quantitative estimate of drug-likeness (QED) is 0.127. The van der Waals surface area contributed by atoms with E-state index in [-0.39, 0.29) is 69.9 Å². The van der Waals surface area contributed by atoms with Gasteiger partial charge in [0.2, 0.25) is 10.4 Å². The molecule has 0 amide bonds. The fourth-order valence-corrected chi connectivity index (χ4v) is 7.48. The normalized spacial score (nSPS) is 39.5. The number of fused-ring (bicyclic) bond motifs is 5. The van der Waals surface area contributed by atoms with Crippen LogP contribution in [0.25, 0.3) is 0 Å². The van der Waals surface area contributed by atoms with Crippen molar-refractivity contribution < 1.29 is 91.0 Å². The number of carboxylic acids is 1. The second kappa shape index (κ2) is 10.7. The predicted octanol–water partition coefficient (Wildman–Crippen LogP) is -4.07. The minimum atomic E-state index is -4.69. The van der Waals surface area contributed by atoms with Gasteiger partial charge in [0.1, 0.15) is 0 Å². The van der Waals surface area contributed by atoms with E-state index in [0.29, 0.717) is 30.6 Å². The molecule has 0 radical (unpaired) electrons. The molecule has 4 aliphatic rings. The Morgan fingerprint density at radius 2 is 1.81 bits per heavy atom. The third-order valence-corrected chi connectivity index (χ3v) is 8.92. The van der Waals surface area contributed by atoms with Crippen LogP contribution in [0.4, 0.5) is 0 Å². The summed E-state index contributed by atoms with van der Waals surface area (Å²) >= 11 is 0. The van der Waals surface area contributed by atoms with E-state index in [0.717, 1.165) is 44.2 Å². The molecule has 0 aromatic rings. The molecule has 0 aromatic heterocycles. The molecule has 0 unspecified atom stereocenters. The van der Waals surface area contributed by atoms with Gasteiger partial charge in [0.15, 0.2) is 6.61 Å². The third-order valence-electron chi connectivity index (χ3n) is 8.41. The van der Waals surface area contributed by atoms with Crippen molar-refractivity contribution in [3.63, 3.8) is 0 Å². The first-order chi connectivity index (χ1) is 14.0. The topological polar surface area (TPSA) is 128 Å². The van der Waals surface area contributed by atoms with Gasteiger partial charge in [-0.1, -0.05) is 30.7 Å². The van der Waals surface area contributed by atoms with Gasteiger partial charge in [0.25, 0.3) is 0 Å². The van der Waals surface area contributed by atoms with Crippen LogP contribution >= 0.6 is 0 Å². The van der Waals surface area contributed by atoms with Gasteiger partial charge in [-0.05, 0) is 74.5 Å². The molecule has 6 atom stereocenters. The summed E-state index contributed by atoms with van der Waals surface area (Å²) in [7, 11) is -4.69. The van der Waals surface area contributed by atoms with Crippen LogP contribution in [0, 0.1) is 28.6 Å². The summed E-state index contributed by atoms with van der Waals surface area (Å²) in [6.45, 7) is 3.99. The van der Waals surface area contributed by atoms with Crippen LogP contribution < -0.4 is 64.2 Å². The van der Waals surface area contributed by atoms with Crippen molar-refractivity contribution in [2.45, 2.75) is 71.3 Å². The first kappa shape index (κ1) is 28.8. The molecule has 11 heteroatoms. The fraction of sp³-hybridized carbons (Fsp3) is 0.810. The maximum absolute atomic E-state index is 11.0. The number of aliphatic carboxylic acids is 1. The molecule has 0 N–H and O–H groups in total. The van der Waals surface area contributed by atoms with Crippen LogP contribution in [0.15, 0.2) is 16.8 Å². The van der Waals surface area contributed by atoms with E-state index in [1.807, 2.05) is 0 Å². The van der Waals surface area contributed by atoms with E-state index in [9.17, 15) is 22.9 Å². The van der Waals surface area contributed by atoms with Crippen molar-refractivity contribution >= 4 is 22.1 Å². The average molecular weight is 486 g/mol. The number of oxime groups is 1. The van der Waals surface area contributed by atoms with E-state index in [4.69, 9.17) is 9.02 Å². The number of hydrogen-bond acceptors (Lipinski definition) is 8. The third kappa shape index (κ3) is 5.51. The number of carbonyl (C=O) groups excluding carboxylic acids is 1. The van der Waals surface area contributed by atoms with Gasteiger partial charge in [-0.2, -0.15) is 0 Å². The summed E-state index contributed by atoms with van der Waals surface area (Å²) in [5.41, 5.74) is 2.12. The Balaban J connectivity index is 0.00000181. The zero-order valence-corrected chi connectivity index (χ0v) is 24.3. The Labute approximate surface area is 234 Å². The number of rotatable bonds is 5. The summed E-state index contributed by atoms with van der Waals surface area (Å²) in [5.74, 6) is 0.202. The Bertz CT molecular complexity index is 893. The number of hydrogen-bond donors (Lipinski definition) is 0. The molecule has 0 spiro atoms. The molecule has 0 bridgehead atoms. The summed E-state index contributed by atoms with van der Waals surface area (Å²) in [5, 5.41) is 14.8. The van der Waals surface area contributed by atoms with E-state index in [1.165, 1.54) is 5.57 Å². The Kier molecular flexibility index (Phi) is 9.59. The van der Waals surface area contributed by atoms with Gasteiger partial charge >= 0.3 is 59.1 Å². The molecule has 0 saturated heterocycles. The number of allylic oxidation sites excluding steroid dienone is 1. The van der Waals surface area contributed by atoms with Crippen LogP contribution in [0.2, 0.25) is 0 Å². The average Bonchev–Trinajstić information content (AvgIpc) is 2.97. The monoisotopic (exact) mass is 485 g/mol. The summed E-state index contributed by atoms with van der Waals surface area (Å²) in [6.07, 6.45) is 8.38. The Morgan fingerprint density at radius 1 is 1.16 bits per heavy atom.